The Bertz CT molecular complexity index is 682. The Hall–Kier alpha value is -2.58. The van der Waals surface area contributed by atoms with E-state index in [0.717, 1.165) is 11.8 Å². The van der Waals surface area contributed by atoms with Crippen molar-refractivity contribution in [2.24, 2.45) is 7.05 Å². The maximum atomic E-state index is 12.6. The van der Waals surface area contributed by atoms with Crippen molar-refractivity contribution in [1.82, 2.24) is 14.5 Å². The summed E-state index contributed by atoms with van der Waals surface area (Å²) in [6.07, 6.45) is -0.942. The second-order valence-corrected chi connectivity index (χ2v) is 4.57. The Morgan fingerprint density at radius 1 is 1.41 bits per heavy atom. The van der Waals surface area contributed by atoms with Crippen molar-refractivity contribution in [1.29, 1.82) is 0 Å². The molecule has 0 radical (unpaired) electrons. The summed E-state index contributed by atoms with van der Waals surface area (Å²) >= 11 is 0. The maximum Gasteiger partial charge on any atom is 0.433 e. The minimum Gasteiger partial charge on any atom is -0.478 e. The van der Waals surface area contributed by atoms with E-state index in [2.05, 4.69) is 15.3 Å². The van der Waals surface area contributed by atoms with Gasteiger partial charge < -0.3 is 15.0 Å². The summed E-state index contributed by atoms with van der Waals surface area (Å²) in [5.41, 5.74) is -0.588. The zero-order chi connectivity index (χ0) is 16.3. The van der Waals surface area contributed by atoms with Gasteiger partial charge in [0.15, 0.2) is 0 Å². The molecule has 118 valence electrons. The van der Waals surface area contributed by atoms with Gasteiger partial charge in [-0.25, -0.2) is 14.8 Å². The topological polar surface area (TPSA) is 80.0 Å². The normalized spacial score (nSPS) is 11.5. The molecule has 0 aliphatic heterocycles. The minimum absolute atomic E-state index is 0.230. The first-order valence-corrected chi connectivity index (χ1v) is 6.29. The molecule has 0 aliphatic carbocycles. The molecule has 0 bridgehead atoms. The predicted octanol–water partition coefficient (Wildman–Crippen LogP) is 2.19. The first-order chi connectivity index (χ1) is 10.3. The number of rotatable bonds is 5. The van der Waals surface area contributed by atoms with Crippen molar-refractivity contribution < 1.29 is 23.1 Å². The fourth-order valence-electron chi connectivity index (χ4n) is 1.86. The minimum atomic E-state index is -4.63. The molecule has 0 spiro atoms. The van der Waals surface area contributed by atoms with E-state index in [1.807, 2.05) is 0 Å². The summed E-state index contributed by atoms with van der Waals surface area (Å²) in [4.78, 5) is 18.3. The highest BCUT2D eigenvalue weighted by molar-refractivity contribution is 5.93. The third-order valence-corrected chi connectivity index (χ3v) is 3.01. The Balaban J connectivity index is 2.17. The molecule has 2 N–H and O–H groups in total. The number of aryl methyl sites for hydroxylation is 1. The molecule has 0 unspecified atom stereocenters. The van der Waals surface area contributed by atoms with E-state index in [1.54, 1.807) is 24.1 Å². The summed E-state index contributed by atoms with van der Waals surface area (Å²) in [7, 11) is 1.79. The van der Waals surface area contributed by atoms with Crippen LogP contribution in [0.4, 0.5) is 19.0 Å². The zero-order valence-corrected chi connectivity index (χ0v) is 11.6. The summed E-state index contributed by atoms with van der Waals surface area (Å²) in [6.45, 7) is 0.230. The van der Waals surface area contributed by atoms with E-state index in [-0.39, 0.29) is 17.9 Å². The third-order valence-electron chi connectivity index (χ3n) is 3.01. The van der Waals surface area contributed by atoms with Gasteiger partial charge in [0, 0.05) is 31.9 Å². The molecule has 0 aliphatic rings. The van der Waals surface area contributed by atoms with Crippen LogP contribution >= 0.6 is 0 Å². The highest BCUT2D eigenvalue weighted by atomic mass is 19.4. The average molecular weight is 314 g/mol. The largest absolute Gasteiger partial charge is 0.478 e. The Morgan fingerprint density at radius 3 is 2.68 bits per heavy atom. The van der Waals surface area contributed by atoms with Crippen molar-refractivity contribution in [3.05, 3.63) is 41.6 Å². The number of aromatic carboxylic acids is 1. The number of carboxylic acid groups (broad SMARTS) is 1. The van der Waals surface area contributed by atoms with Gasteiger partial charge in [-0.2, -0.15) is 13.2 Å². The van der Waals surface area contributed by atoms with Crippen LogP contribution in [0.2, 0.25) is 0 Å². The van der Waals surface area contributed by atoms with Crippen molar-refractivity contribution in [2.75, 3.05) is 11.9 Å². The standard InChI is InChI=1S/C13H13F3N4O2/c1-20-7-17-6-8(20)4-5-18-11-9(12(21)22)2-3-10(19-11)13(14,15)16/h2-3,6-7H,4-5H2,1H3,(H,18,19)(H,21,22). The lowest BCUT2D eigenvalue weighted by molar-refractivity contribution is -0.141. The van der Waals surface area contributed by atoms with Crippen LogP contribution in [0.3, 0.4) is 0 Å². The lowest BCUT2D eigenvalue weighted by Crippen LogP contribution is -2.16. The number of nitrogens with one attached hydrogen (secondary N) is 1. The molecule has 9 heteroatoms. The molecule has 2 aromatic heterocycles. The maximum absolute atomic E-state index is 12.6. The van der Waals surface area contributed by atoms with E-state index in [4.69, 9.17) is 5.11 Å². The molecule has 2 aromatic rings. The quantitative estimate of drug-likeness (QED) is 0.884. The van der Waals surface area contributed by atoms with Gasteiger partial charge in [-0.05, 0) is 12.1 Å². The molecule has 0 saturated heterocycles. The second kappa shape index (κ2) is 6.04. The molecule has 2 rings (SSSR count). The van der Waals surface area contributed by atoms with E-state index in [1.165, 1.54) is 0 Å². The Morgan fingerprint density at radius 2 is 2.14 bits per heavy atom. The van der Waals surface area contributed by atoms with Crippen molar-refractivity contribution in [2.45, 2.75) is 12.6 Å². The van der Waals surface area contributed by atoms with Gasteiger partial charge in [-0.1, -0.05) is 0 Å². The fourth-order valence-corrected chi connectivity index (χ4v) is 1.86. The van der Waals surface area contributed by atoms with Crippen LogP contribution < -0.4 is 5.32 Å². The predicted molar refractivity (Wildman–Crippen MR) is 71.6 cm³/mol. The number of nitrogens with zero attached hydrogens (tertiary/aromatic N) is 3. The number of hydrogen-bond donors (Lipinski definition) is 2. The summed E-state index contributed by atoms with van der Waals surface area (Å²) in [6, 6.07) is 1.54. The summed E-state index contributed by atoms with van der Waals surface area (Å²) in [5.74, 6) is -1.64. The molecule has 0 fully saturated rings. The molecule has 0 atom stereocenters. The van der Waals surface area contributed by atoms with Crippen LogP contribution in [0, 0.1) is 0 Å². The van der Waals surface area contributed by atoms with E-state index >= 15 is 0 Å². The zero-order valence-electron chi connectivity index (χ0n) is 11.6. The van der Waals surface area contributed by atoms with Gasteiger partial charge >= 0.3 is 12.1 Å². The second-order valence-electron chi connectivity index (χ2n) is 4.57. The number of pyridine rings is 1. The highest BCUT2D eigenvalue weighted by Crippen LogP contribution is 2.29. The monoisotopic (exact) mass is 314 g/mol. The van der Waals surface area contributed by atoms with E-state index in [0.29, 0.717) is 12.5 Å². The van der Waals surface area contributed by atoms with Crippen molar-refractivity contribution in [3.8, 4) is 0 Å². The number of hydrogen-bond acceptors (Lipinski definition) is 4. The first-order valence-electron chi connectivity index (χ1n) is 6.29. The van der Waals surface area contributed by atoms with Gasteiger partial charge in [-0.15, -0.1) is 0 Å². The molecule has 6 nitrogen and oxygen atoms in total. The Kier molecular flexibility index (Phi) is 4.34. The van der Waals surface area contributed by atoms with Crippen LogP contribution in [0.25, 0.3) is 0 Å². The molecule has 22 heavy (non-hydrogen) atoms. The van der Waals surface area contributed by atoms with Crippen LogP contribution in [-0.2, 0) is 19.6 Å². The van der Waals surface area contributed by atoms with Gasteiger partial charge in [0.25, 0.3) is 0 Å². The van der Waals surface area contributed by atoms with Gasteiger partial charge in [0.1, 0.15) is 17.1 Å². The van der Waals surface area contributed by atoms with E-state index in [9.17, 15) is 18.0 Å². The fraction of sp³-hybridized carbons (Fsp3) is 0.308. The smallest absolute Gasteiger partial charge is 0.433 e. The van der Waals surface area contributed by atoms with Gasteiger partial charge in [-0.3, -0.25) is 0 Å². The highest BCUT2D eigenvalue weighted by Gasteiger charge is 2.33. The van der Waals surface area contributed by atoms with Gasteiger partial charge in [0.2, 0.25) is 0 Å². The van der Waals surface area contributed by atoms with Crippen molar-refractivity contribution in [3.63, 3.8) is 0 Å². The van der Waals surface area contributed by atoms with E-state index < -0.39 is 17.8 Å². The number of anilines is 1. The molecule has 2 heterocycles. The number of carbonyl (C=O) groups is 1. The number of aromatic nitrogens is 3. The molecule has 0 saturated carbocycles. The average Bonchev–Trinajstić information content (AvgIpc) is 2.83. The summed E-state index contributed by atoms with van der Waals surface area (Å²) in [5, 5.41) is 11.7. The molecule has 0 amide bonds. The van der Waals surface area contributed by atoms with Gasteiger partial charge in [0.05, 0.1) is 6.33 Å². The molecular formula is C13H13F3N4O2. The third kappa shape index (κ3) is 3.54. The van der Waals surface area contributed by atoms with Crippen molar-refractivity contribution >= 4 is 11.8 Å². The first kappa shape index (κ1) is 15.8. The molecular weight excluding hydrogens is 301 g/mol. The van der Waals surface area contributed by atoms with Crippen LogP contribution in [0.5, 0.6) is 0 Å². The van der Waals surface area contributed by atoms with Crippen LogP contribution in [0.15, 0.2) is 24.7 Å². The van der Waals surface area contributed by atoms with Crippen LogP contribution in [-0.4, -0.2) is 32.2 Å². The Labute approximate surface area is 123 Å². The lowest BCUT2D eigenvalue weighted by atomic mass is 10.2. The number of alkyl halides is 3. The molecule has 0 aromatic carbocycles. The SMILES string of the molecule is Cn1cncc1CCNc1nc(C(F)(F)F)ccc1C(=O)O. The van der Waals surface area contributed by atoms with Crippen LogP contribution in [0.1, 0.15) is 21.7 Å². The number of imidazole rings is 1. The number of carboxylic acids is 1. The summed E-state index contributed by atoms with van der Waals surface area (Å²) < 4.78 is 39.7. The number of halogens is 3. The lowest BCUT2D eigenvalue weighted by Gasteiger charge is -2.12.